The topological polar surface area (TPSA) is 29.5 Å². The standard InChI is InChI=1S/C16H16O2/c1-2-7-16(17)13-8-6-11-15(12-13)18-14-9-4-3-5-10-14/h2-6,8-12,16-17H,1,7H2. The fraction of sp³-hybridized carbons (Fsp3) is 0.125. The molecule has 1 N–H and O–H groups in total. The first kappa shape index (κ1) is 12.4. The Kier molecular flexibility index (Phi) is 4.15. The molecule has 1 unspecified atom stereocenters. The van der Waals surface area contributed by atoms with E-state index in [4.69, 9.17) is 4.74 Å². The van der Waals surface area contributed by atoms with Crippen LogP contribution in [0.5, 0.6) is 11.5 Å². The first-order chi connectivity index (χ1) is 8.79. The number of ether oxygens (including phenoxy) is 1. The number of hydrogen-bond donors (Lipinski definition) is 1. The Morgan fingerprint density at radius 1 is 1.06 bits per heavy atom. The summed E-state index contributed by atoms with van der Waals surface area (Å²) in [5, 5.41) is 9.88. The summed E-state index contributed by atoms with van der Waals surface area (Å²) in [4.78, 5) is 0. The molecule has 0 aliphatic rings. The molecule has 0 heterocycles. The fourth-order valence-electron chi connectivity index (χ4n) is 1.70. The van der Waals surface area contributed by atoms with E-state index in [1.165, 1.54) is 0 Å². The van der Waals surface area contributed by atoms with Crippen molar-refractivity contribution in [2.75, 3.05) is 0 Å². The van der Waals surface area contributed by atoms with Gasteiger partial charge in [-0.25, -0.2) is 0 Å². The minimum Gasteiger partial charge on any atom is -0.457 e. The lowest BCUT2D eigenvalue weighted by Crippen LogP contribution is -1.95. The van der Waals surface area contributed by atoms with Crippen LogP contribution in [-0.4, -0.2) is 5.11 Å². The quantitative estimate of drug-likeness (QED) is 0.798. The molecule has 0 aliphatic heterocycles. The largest absolute Gasteiger partial charge is 0.457 e. The van der Waals surface area contributed by atoms with E-state index >= 15 is 0 Å². The highest BCUT2D eigenvalue weighted by Gasteiger charge is 2.06. The number of hydrogen-bond acceptors (Lipinski definition) is 2. The Morgan fingerprint density at radius 3 is 2.50 bits per heavy atom. The Balaban J connectivity index is 2.15. The van der Waals surface area contributed by atoms with Gasteiger partial charge in [0, 0.05) is 0 Å². The molecule has 0 bridgehead atoms. The molecular formula is C16H16O2. The number of rotatable bonds is 5. The van der Waals surface area contributed by atoms with Gasteiger partial charge in [-0.2, -0.15) is 0 Å². The molecule has 0 radical (unpaired) electrons. The third kappa shape index (κ3) is 3.22. The van der Waals surface area contributed by atoms with E-state index < -0.39 is 6.10 Å². The van der Waals surface area contributed by atoms with Crippen LogP contribution >= 0.6 is 0 Å². The minimum absolute atomic E-state index is 0.526. The molecule has 18 heavy (non-hydrogen) atoms. The number of para-hydroxylation sites is 1. The highest BCUT2D eigenvalue weighted by molar-refractivity contribution is 5.34. The highest BCUT2D eigenvalue weighted by atomic mass is 16.5. The Bertz CT molecular complexity index is 506. The van der Waals surface area contributed by atoms with Crippen molar-refractivity contribution in [3.63, 3.8) is 0 Å². The fourth-order valence-corrected chi connectivity index (χ4v) is 1.70. The van der Waals surface area contributed by atoms with E-state index in [1.807, 2.05) is 54.6 Å². The van der Waals surface area contributed by atoms with Crippen molar-refractivity contribution in [1.29, 1.82) is 0 Å². The maximum absolute atomic E-state index is 9.88. The van der Waals surface area contributed by atoms with Crippen molar-refractivity contribution in [2.24, 2.45) is 0 Å². The summed E-state index contributed by atoms with van der Waals surface area (Å²) >= 11 is 0. The third-order valence-electron chi connectivity index (χ3n) is 2.61. The number of aliphatic hydroxyl groups excluding tert-OH is 1. The molecule has 0 aliphatic carbocycles. The Labute approximate surface area is 107 Å². The summed E-state index contributed by atoms with van der Waals surface area (Å²) < 4.78 is 5.71. The van der Waals surface area contributed by atoms with Gasteiger partial charge in [-0.15, -0.1) is 6.58 Å². The van der Waals surface area contributed by atoms with Gasteiger partial charge in [-0.3, -0.25) is 0 Å². The van der Waals surface area contributed by atoms with Crippen LogP contribution in [0.2, 0.25) is 0 Å². The maximum atomic E-state index is 9.88. The van der Waals surface area contributed by atoms with Crippen molar-refractivity contribution in [2.45, 2.75) is 12.5 Å². The smallest absolute Gasteiger partial charge is 0.127 e. The molecule has 0 aromatic heterocycles. The van der Waals surface area contributed by atoms with E-state index in [1.54, 1.807) is 6.08 Å². The second kappa shape index (κ2) is 6.03. The minimum atomic E-state index is -0.526. The van der Waals surface area contributed by atoms with Gasteiger partial charge >= 0.3 is 0 Å². The summed E-state index contributed by atoms with van der Waals surface area (Å²) in [5.74, 6) is 1.51. The maximum Gasteiger partial charge on any atom is 0.127 e. The van der Waals surface area contributed by atoms with Gasteiger partial charge < -0.3 is 9.84 Å². The molecule has 92 valence electrons. The van der Waals surface area contributed by atoms with Gasteiger partial charge in [-0.1, -0.05) is 36.4 Å². The van der Waals surface area contributed by atoms with Crippen molar-refractivity contribution in [3.8, 4) is 11.5 Å². The molecule has 0 amide bonds. The molecule has 2 nitrogen and oxygen atoms in total. The zero-order valence-corrected chi connectivity index (χ0v) is 10.1. The molecule has 2 heteroatoms. The van der Waals surface area contributed by atoms with E-state index in [0.29, 0.717) is 6.42 Å². The van der Waals surface area contributed by atoms with Crippen molar-refractivity contribution in [1.82, 2.24) is 0 Å². The van der Waals surface area contributed by atoms with Crippen LogP contribution in [0.15, 0.2) is 67.3 Å². The van der Waals surface area contributed by atoms with Crippen molar-refractivity contribution in [3.05, 3.63) is 72.8 Å². The van der Waals surface area contributed by atoms with Gasteiger partial charge in [0.15, 0.2) is 0 Å². The summed E-state index contributed by atoms with van der Waals surface area (Å²) in [6.45, 7) is 3.63. The Hall–Kier alpha value is -2.06. The van der Waals surface area contributed by atoms with E-state index in [9.17, 15) is 5.11 Å². The molecule has 0 saturated heterocycles. The molecule has 0 fully saturated rings. The van der Waals surface area contributed by atoms with Gasteiger partial charge in [0.25, 0.3) is 0 Å². The zero-order chi connectivity index (χ0) is 12.8. The van der Waals surface area contributed by atoms with E-state index in [0.717, 1.165) is 17.1 Å². The molecular weight excluding hydrogens is 224 g/mol. The molecule has 0 saturated carbocycles. The predicted octanol–water partition coefficient (Wildman–Crippen LogP) is 4.09. The van der Waals surface area contributed by atoms with Crippen LogP contribution in [-0.2, 0) is 0 Å². The van der Waals surface area contributed by atoms with E-state index in [-0.39, 0.29) is 0 Å². The monoisotopic (exact) mass is 240 g/mol. The van der Waals surface area contributed by atoms with Gasteiger partial charge in [-0.05, 0) is 36.2 Å². The van der Waals surface area contributed by atoms with E-state index in [2.05, 4.69) is 6.58 Å². The lowest BCUT2D eigenvalue weighted by molar-refractivity contribution is 0.181. The van der Waals surface area contributed by atoms with Crippen LogP contribution < -0.4 is 4.74 Å². The van der Waals surface area contributed by atoms with Crippen molar-refractivity contribution < 1.29 is 9.84 Å². The zero-order valence-electron chi connectivity index (χ0n) is 10.1. The summed E-state index contributed by atoms with van der Waals surface area (Å²) in [6.07, 6.45) is 1.71. The number of benzene rings is 2. The average molecular weight is 240 g/mol. The molecule has 1 atom stereocenters. The Morgan fingerprint density at radius 2 is 1.78 bits per heavy atom. The van der Waals surface area contributed by atoms with Crippen LogP contribution in [0, 0.1) is 0 Å². The van der Waals surface area contributed by atoms with Gasteiger partial charge in [0.1, 0.15) is 11.5 Å². The summed E-state index contributed by atoms with van der Waals surface area (Å²) in [5.41, 5.74) is 0.836. The third-order valence-corrected chi connectivity index (χ3v) is 2.61. The molecule has 0 spiro atoms. The molecule has 2 rings (SSSR count). The second-order valence-electron chi connectivity index (χ2n) is 4.03. The van der Waals surface area contributed by atoms with Crippen LogP contribution in [0.4, 0.5) is 0 Å². The van der Waals surface area contributed by atoms with Gasteiger partial charge in [0.05, 0.1) is 6.10 Å². The van der Waals surface area contributed by atoms with Crippen LogP contribution in [0.1, 0.15) is 18.1 Å². The lowest BCUT2D eigenvalue weighted by atomic mass is 10.1. The molecule has 2 aromatic rings. The van der Waals surface area contributed by atoms with Crippen molar-refractivity contribution >= 4 is 0 Å². The highest BCUT2D eigenvalue weighted by Crippen LogP contribution is 2.25. The van der Waals surface area contributed by atoms with Crippen LogP contribution in [0.25, 0.3) is 0 Å². The SMILES string of the molecule is C=CCC(O)c1cccc(Oc2ccccc2)c1. The average Bonchev–Trinajstić information content (AvgIpc) is 2.40. The number of aliphatic hydroxyl groups is 1. The summed E-state index contributed by atoms with van der Waals surface area (Å²) in [6, 6.07) is 17.1. The first-order valence-electron chi connectivity index (χ1n) is 5.91. The van der Waals surface area contributed by atoms with Gasteiger partial charge in [0.2, 0.25) is 0 Å². The predicted molar refractivity (Wildman–Crippen MR) is 72.7 cm³/mol. The molecule has 2 aromatic carbocycles. The summed E-state index contributed by atoms with van der Waals surface area (Å²) in [7, 11) is 0. The lowest BCUT2D eigenvalue weighted by Gasteiger charge is -2.11. The first-order valence-corrected chi connectivity index (χ1v) is 5.91. The second-order valence-corrected chi connectivity index (χ2v) is 4.03. The van der Waals surface area contributed by atoms with Crippen LogP contribution in [0.3, 0.4) is 0 Å². The normalized spacial score (nSPS) is 11.8.